The molecule has 4 aliphatic heterocycles. The van der Waals surface area contributed by atoms with Gasteiger partial charge in [-0.25, -0.2) is 8.78 Å². The molecule has 19 heteroatoms. The van der Waals surface area contributed by atoms with Gasteiger partial charge in [0.15, 0.2) is 0 Å². The number of thiophene rings is 1. The number of rotatable bonds is 8. The van der Waals surface area contributed by atoms with Crippen molar-refractivity contribution in [3.8, 4) is 0 Å². The van der Waals surface area contributed by atoms with Gasteiger partial charge in [-0.3, -0.25) is 28.6 Å². The maximum atomic E-state index is 14.3. The van der Waals surface area contributed by atoms with Crippen molar-refractivity contribution in [2.45, 2.75) is 49.5 Å². The zero-order valence-electron chi connectivity index (χ0n) is 26.2. The van der Waals surface area contributed by atoms with Crippen LogP contribution in [0, 0.1) is 5.92 Å². The predicted octanol–water partition coefficient (Wildman–Crippen LogP) is 1.87. The highest BCUT2D eigenvalue weighted by atomic mass is 32.1. The van der Waals surface area contributed by atoms with E-state index in [4.69, 9.17) is 14.5 Å². The predicted molar refractivity (Wildman–Crippen MR) is 167 cm³/mol. The number of nitrogens with zero attached hydrogens (tertiary/aromatic N) is 4. The van der Waals surface area contributed by atoms with Gasteiger partial charge in [0.2, 0.25) is 17.7 Å². The molecule has 0 radical (unpaired) electrons. The van der Waals surface area contributed by atoms with Gasteiger partial charge in [-0.2, -0.15) is 8.78 Å². The third-order valence-corrected chi connectivity index (χ3v) is 11.7. The van der Waals surface area contributed by atoms with E-state index in [9.17, 15) is 41.3 Å². The van der Waals surface area contributed by atoms with Crippen molar-refractivity contribution in [1.82, 2.24) is 24.9 Å². The van der Waals surface area contributed by atoms with E-state index in [1.807, 2.05) is 0 Å². The molecule has 4 amide bonds. The molecule has 1 aromatic heterocycles. The molecule has 49 heavy (non-hydrogen) atoms. The minimum Gasteiger partial charge on any atom is -0.378 e. The molecular weight excluding hydrogens is 697 g/mol. The van der Waals surface area contributed by atoms with Gasteiger partial charge >= 0.3 is 13.3 Å². The third-order valence-electron chi connectivity index (χ3n) is 9.58. The first kappa shape index (κ1) is 35.7. The van der Waals surface area contributed by atoms with Crippen LogP contribution in [0.3, 0.4) is 0 Å². The molecule has 4 saturated heterocycles. The van der Waals surface area contributed by atoms with Gasteiger partial charge in [0.05, 0.1) is 30.6 Å². The van der Waals surface area contributed by atoms with Gasteiger partial charge in [-0.15, -0.1) is 11.3 Å². The largest absolute Gasteiger partial charge is 0.399 e. The molecule has 4 aliphatic rings. The monoisotopic (exact) mass is 733 g/mol. The van der Waals surface area contributed by atoms with Crippen LogP contribution in [-0.2, 0) is 29.3 Å². The number of hydrogen-bond donors (Lipinski definition) is 3. The Hall–Kier alpha value is -3.15. The molecular formula is C30H36F4N5O8PS. The Labute approximate surface area is 282 Å². The van der Waals surface area contributed by atoms with Crippen molar-refractivity contribution in [2.24, 2.45) is 5.92 Å². The number of carbonyl (C=O) groups is 4. The average molecular weight is 734 g/mol. The molecule has 3 N–H and O–H groups in total. The smallest absolute Gasteiger partial charge is 0.378 e. The van der Waals surface area contributed by atoms with E-state index < -0.39 is 61.7 Å². The zero-order valence-corrected chi connectivity index (χ0v) is 27.9. The maximum absolute atomic E-state index is 14.3. The fraction of sp³-hybridized carbons (Fsp3) is 0.600. The number of alkyl halides is 4. The number of amides is 4. The third kappa shape index (κ3) is 7.21. The molecule has 5 heterocycles. The van der Waals surface area contributed by atoms with Crippen LogP contribution in [0.25, 0.3) is 10.1 Å². The van der Waals surface area contributed by atoms with Gasteiger partial charge in [0.25, 0.3) is 12.3 Å². The highest BCUT2D eigenvalue weighted by molar-refractivity contribution is 7.52. The normalized spacial score (nSPS) is 24.5. The molecule has 4 fully saturated rings. The van der Waals surface area contributed by atoms with E-state index >= 15 is 0 Å². The van der Waals surface area contributed by atoms with E-state index in [0.717, 1.165) is 23.5 Å². The van der Waals surface area contributed by atoms with Crippen molar-refractivity contribution in [3.63, 3.8) is 0 Å². The molecule has 6 rings (SSSR count). The lowest BCUT2D eigenvalue weighted by Crippen LogP contribution is -2.64. The van der Waals surface area contributed by atoms with Crippen LogP contribution in [0.4, 0.5) is 17.6 Å². The van der Waals surface area contributed by atoms with Gasteiger partial charge in [-0.1, -0.05) is 6.07 Å². The molecule has 3 atom stereocenters. The Bertz CT molecular complexity index is 1660. The van der Waals surface area contributed by atoms with Crippen LogP contribution in [0.2, 0.25) is 0 Å². The summed E-state index contributed by atoms with van der Waals surface area (Å²) in [6.07, 6.45) is -1.57. The lowest BCUT2D eigenvalue weighted by atomic mass is 9.96. The van der Waals surface area contributed by atoms with Crippen LogP contribution >= 0.6 is 18.9 Å². The number of benzene rings is 1. The Kier molecular flexibility index (Phi) is 10.1. The number of carbonyl (C=O) groups excluding carboxylic acids is 4. The number of morpholine rings is 1. The fourth-order valence-corrected chi connectivity index (χ4v) is 8.38. The summed E-state index contributed by atoms with van der Waals surface area (Å²) in [5.74, 6) is -2.11. The van der Waals surface area contributed by atoms with E-state index in [0.29, 0.717) is 50.3 Å². The summed E-state index contributed by atoms with van der Waals surface area (Å²) in [7, 11) is -5.83. The second-order valence-electron chi connectivity index (χ2n) is 12.8. The molecule has 0 bridgehead atoms. The first-order valence-corrected chi connectivity index (χ1v) is 18.3. The van der Waals surface area contributed by atoms with Crippen molar-refractivity contribution in [1.29, 1.82) is 0 Å². The number of halogens is 4. The lowest BCUT2D eigenvalue weighted by molar-refractivity contribution is -0.157. The number of nitrogens with one attached hydrogen (secondary N) is 1. The van der Waals surface area contributed by atoms with Gasteiger partial charge in [0.1, 0.15) is 12.1 Å². The SMILES string of the molecule is O=C(N[C@H]1CN(CC(F)F)CC[C@H]2CC[C@@H](C(=O)N3CC(C(=O)N4CCOCC4)C3)N2C1=O)c1cc2cc(C(F)(F)P(=O)(O)O)ccc2s1. The summed E-state index contributed by atoms with van der Waals surface area (Å²) in [6, 6.07) is 1.54. The van der Waals surface area contributed by atoms with Crippen molar-refractivity contribution in [3.05, 3.63) is 34.7 Å². The molecule has 0 unspecified atom stereocenters. The number of likely N-dealkylation sites (tertiary alicyclic amines) is 1. The van der Waals surface area contributed by atoms with E-state index in [-0.39, 0.29) is 54.2 Å². The standard InChI is InChI=1S/C30H36F4N5O8PS/c31-25(32)16-36-6-5-20-2-3-22(29(43)38-13-18(14-38)27(41)37-7-9-47-10-8-37)39(20)28(42)21(15-36)35-26(40)24-12-17-11-19(1-4-23(17)49-24)30(33,34)48(44,45)46/h1,4,11-12,18,20-22,25H,2-3,5-10,13-16H2,(H,35,40)(H2,44,45,46)/t20-,21+,22+/m1/s1. The highest BCUT2D eigenvalue weighted by Gasteiger charge is 2.51. The number of fused-ring (bicyclic) bond motifs is 2. The Morgan fingerprint density at radius 3 is 2.39 bits per heavy atom. The summed E-state index contributed by atoms with van der Waals surface area (Å²) in [6.45, 7) is 1.60. The van der Waals surface area contributed by atoms with Crippen LogP contribution in [0.1, 0.15) is 34.5 Å². The highest BCUT2D eigenvalue weighted by Crippen LogP contribution is 2.59. The first-order chi connectivity index (χ1) is 23.1. The van der Waals surface area contributed by atoms with Crippen LogP contribution in [-0.4, -0.2) is 137 Å². The van der Waals surface area contributed by atoms with Crippen LogP contribution < -0.4 is 5.32 Å². The van der Waals surface area contributed by atoms with Gasteiger partial charge in [-0.05, 0) is 42.8 Å². The lowest BCUT2D eigenvalue weighted by Gasteiger charge is -2.44. The minimum absolute atomic E-state index is 0.0101. The molecule has 0 aliphatic carbocycles. The first-order valence-electron chi connectivity index (χ1n) is 15.9. The molecule has 1 aromatic carbocycles. The molecule has 0 saturated carbocycles. The summed E-state index contributed by atoms with van der Waals surface area (Å²) in [4.78, 5) is 78.4. The summed E-state index contributed by atoms with van der Waals surface area (Å²) in [5.41, 5.74) is -5.40. The molecule has 0 spiro atoms. The van der Waals surface area contributed by atoms with E-state index in [1.54, 1.807) is 9.80 Å². The second-order valence-corrected chi connectivity index (χ2v) is 15.5. The molecule has 268 valence electrons. The van der Waals surface area contributed by atoms with E-state index in [2.05, 4.69) is 5.32 Å². The van der Waals surface area contributed by atoms with Crippen LogP contribution in [0.15, 0.2) is 24.3 Å². The number of ether oxygens (including phenoxy) is 1. The summed E-state index contributed by atoms with van der Waals surface area (Å²) in [5, 5.41) is 2.72. The zero-order chi connectivity index (χ0) is 35.2. The number of hydrogen-bond acceptors (Lipinski definition) is 8. The maximum Gasteiger partial charge on any atom is 0.399 e. The molecule has 2 aromatic rings. The van der Waals surface area contributed by atoms with Crippen molar-refractivity contribution < 1.29 is 55.8 Å². The Balaban J connectivity index is 1.18. The molecule has 13 nitrogen and oxygen atoms in total. The second kappa shape index (κ2) is 13.9. The van der Waals surface area contributed by atoms with Gasteiger partial charge < -0.3 is 34.5 Å². The Morgan fingerprint density at radius 2 is 1.71 bits per heavy atom. The topological polar surface area (TPSA) is 160 Å². The van der Waals surface area contributed by atoms with Crippen molar-refractivity contribution >= 4 is 52.6 Å². The minimum atomic E-state index is -5.83. The van der Waals surface area contributed by atoms with Crippen LogP contribution in [0.5, 0.6) is 0 Å². The summed E-state index contributed by atoms with van der Waals surface area (Å²) < 4.78 is 72.6. The van der Waals surface area contributed by atoms with Gasteiger partial charge in [0, 0.05) is 55.6 Å². The average Bonchev–Trinajstić information content (AvgIpc) is 3.65. The van der Waals surface area contributed by atoms with Crippen molar-refractivity contribution in [2.75, 3.05) is 59.0 Å². The quantitative estimate of drug-likeness (QED) is 0.272. The summed E-state index contributed by atoms with van der Waals surface area (Å²) >= 11 is 0.887. The Morgan fingerprint density at radius 1 is 1.00 bits per heavy atom. The fourth-order valence-electron chi connectivity index (χ4n) is 6.96. The van der Waals surface area contributed by atoms with E-state index in [1.165, 1.54) is 21.9 Å².